The number of hydrogen-bond acceptors (Lipinski definition) is 3. The maximum absolute atomic E-state index is 13.8. The Balaban J connectivity index is 2.15. The molecule has 0 aliphatic carbocycles. The van der Waals surface area contributed by atoms with Gasteiger partial charge in [-0.3, -0.25) is 0 Å². The number of hydrogen-bond donors (Lipinski definition) is 1. The van der Waals surface area contributed by atoms with Gasteiger partial charge in [-0.1, -0.05) is 25.1 Å². The van der Waals surface area contributed by atoms with Crippen molar-refractivity contribution in [3.05, 3.63) is 76.7 Å². The van der Waals surface area contributed by atoms with Crippen molar-refractivity contribution in [3.8, 4) is 0 Å². The van der Waals surface area contributed by atoms with Gasteiger partial charge in [0.15, 0.2) is 0 Å². The minimum Gasteiger partial charge on any atom is -0.482 e. The molecule has 1 aliphatic heterocycles. The zero-order chi connectivity index (χ0) is 18.1. The molecule has 0 bridgehead atoms. The van der Waals surface area contributed by atoms with Crippen LogP contribution in [0.2, 0.25) is 0 Å². The molecule has 1 aliphatic rings. The highest BCUT2D eigenvalue weighted by Gasteiger charge is 2.35. The lowest BCUT2D eigenvalue weighted by atomic mass is 9.87. The average molecular weight is 345 g/mol. The van der Waals surface area contributed by atoms with Crippen LogP contribution >= 0.6 is 0 Å². The van der Waals surface area contributed by atoms with Gasteiger partial charge in [-0.05, 0) is 35.4 Å². The van der Waals surface area contributed by atoms with Crippen LogP contribution in [0.25, 0.3) is 0 Å². The summed E-state index contributed by atoms with van der Waals surface area (Å²) in [6.45, 7) is 1.97. The van der Waals surface area contributed by atoms with Crippen molar-refractivity contribution in [2.24, 2.45) is 0 Å². The maximum Gasteiger partial charge on any atom is 0.337 e. The summed E-state index contributed by atoms with van der Waals surface area (Å²) >= 11 is 0. The summed E-state index contributed by atoms with van der Waals surface area (Å²) in [5, 5.41) is 9.62. The fourth-order valence-corrected chi connectivity index (χ4v) is 3.14. The molecule has 2 aromatic carbocycles. The molecule has 0 amide bonds. The van der Waals surface area contributed by atoms with Gasteiger partial charge in [0, 0.05) is 5.92 Å². The first-order valence-corrected chi connectivity index (χ1v) is 7.75. The molecule has 6 heteroatoms. The van der Waals surface area contributed by atoms with Crippen LogP contribution in [-0.2, 0) is 16.1 Å². The van der Waals surface area contributed by atoms with E-state index in [-0.39, 0.29) is 23.8 Å². The number of aliphatic carboxylic acids is 1. The summed E-state index contributed by atoms with van der Waals surface area (Å²) in [5.74, 6) is -2.18. The van der Waals surface area contributed by atoms with Crippen molar-refractivity contribution >= 4 is 11.7 Å². The molecule has 25 heavy (non-hydrogen) atoms. The number of benzene rings is 2. The second-order valence-electron chi connectivity index (χ2n) is 5.87. The molecule has 3 rings (SSSR count). The largest absolute Gasteiger partial charge is 0.482 e. The van der Waals surface area contributed by atoms with E-state index in [0.29, 0.717) is 11.3 Å². The Labute approximate surface area is 144 Å². The van der Waals surface area contributed by atoms with Crippen molar-refractivity contribution in [3.63, 3.8) is 0 Å². The number of fused-ring (bicyclic) bond motifs is 1. The molecule has 1 heterocycles. The zero-order valence-corrected chi connectivity index (χ0v) is 13.8. The number of ether oxygens (including phenoxy) is 1. The van der Waals surface area contributed by atoms with E-state index in [4.69, 9.17) is 4.74 Å². The fourth-order valence-electron chi connectivity index (χ4n) is 3.14. The van der Waals surface area contributed by atoms with Crippen LogP contribution in [0.4, 0.5) is 14.5 Å². The third-order valence-electron chi connectivity index (χ3n) is 4.34. The summed E-state index contributed by atoms with van der Waals surface area (Å²) in [4.78, 5) is 13.4. The molecule has 0 fully saturated rings. The molecule has 0 radical (unpaired) electrons. The number of carboxylic acid groups (broad SMARTS) is 1. The van der Waals surface area contributed by atoms with Crippen LogP contribution in [0.5, 0.6) is 0 Å². The Morgan fingerprint density at radius 1 is 1.16 bits per heavy atom. The number of carbonyl (C=O) groups is 1. The predicted molar refractivity (Wildman–Crippen MR) is 89.1 cm³/mol. The van der Waals surface area contributed by atoms with Gasteiger partial charge in [0.2, 0.25) is 5.88 Å². The Bertz CT molecular complexity index is 846. The molecule has 0 saturated carbocycles. The van der Waals surface area contributed by atoms with E-state index in [1.54, 1.807) is 30.0 Å². The van der Waals surface area contributed by atoms with Gasteiger partial charge in [0.25, 0.3) is 0 Å². The molecule has 0 aromatic heterocycles. The van der Waals surface area contributed by atoms with Crippen molar-refractivity contribution in [2.75, 3.05) is 12.0 Å². The minimum atomic E-state index is -1.09. The van der Waals surface area contributed by atoms with Crippen LogP contribution in [-0.4, -0.2) is 18.2 Å². The molecule has 130 valence electrons. The average Bonchev–Trinajstić information content (AvgIpc) is 2.58. The molecule has 0 saturated heterocycles. The Hall–Kier alpha value is -2.89. The monoisotopic (exact) mass is 345 g/mol. The van der Waals surface area contributed by atoms with Crippen LogP contribution in [0.1, 0.15) is 24.0 Å². The van der Waals surface area contributed by atoms with E-state index in [9.17, 15) is 18.7 Å². The standard InChI is InChI=1S/C19H17F2NO3/c1-11-15-8-7-14(21)9-16(15)22(18(25-2)17(11)19(23)24)10-12-3-5-13(20)6-4-12/h3-9,11H,10H2,1-2H3,(H,23,24). The smallest absolute Gasteiger partial charge is 0.337 e. The number of nitrogens with zero attached hydrogens (tertiary/aromatic N) is 1. The molecule has 1 atom stereocenters. The van der Waals surface area contributed by atoms with Crippen molar-refractivity contribution in [1.82, 2.24) is 0 Å². The van der Waals surface area contributed by atoms with Gasteiger partial charge in [0.1, 0.15) is 17.2 Å². The normalized spacial score (nSPS) is 16.6. The van der Waals surface area contributed by atoms with E-state index >= 15 is 0 Å². The van der Waals surface area contributed by atoms with Gasteiger partial charge in [0.05, 0.1) is 19.3 Å². The van der Waals surface area contributed by atoms with Crippen molar-refractivity contribution in [1.29, 1.82) is 0 Å². The Kier molecular flexibility index (Phi) is 4.44. The molecule has 1 N–H and O–H groups in total. The summed E-state index contributed by atoms with van der Waals surface area (Å²) in [7, 11) is 1.38. The molecule has 4 nitrogen and oxygen atoms in total. The first-order chi connectivity index (χ1) is 11.9. The lowest BCUT2D eigenvalue weighted by molar-refractivity contribution is -0.133. The van der Waals surface area contributed by atoms with Crippen LogP contribution in [0.15, 0.2) is 53.9 Å². The van der Waals surface area contributed by atoms with Crippen LogP contribution in [0, 0.1) is 11.6 Å². The summed E-state index contributed by atoms with van der Waals surface area (Å²) in [5.41, 5.74) is 2.08. The first kappa shape index (κ1) is 17.0. The third kappa shape index (κ3) is 3.07. The van der Waals surface area contributed by atoms with Gasteiger partial charge in [-0.15, -0.1) is 0 Å². The molecular formula is C19H17F2NO3. The summed E-state index contributed by atoms with van der Waals surface area (Å²) in [6.07, 6.45) is 0. The summed E-state index contributed by atoms with van der Waals surface area (Å²) < 4.78 is 32.3. The number of carboxylic acids is 1. The minimum absolute atomic E-state index is 0.101. The Morgan fingerprint density at radius 2 is 1.80 bits per heavy atom. The number of anilines is 1. The van der Waals surface area contributed by atoms with E-state index in [0.717, 1.165) is 5.56 Å². The SMILES string of the molecule is COC1=C(C(=O)O)C(C)c2ccc(F)cc2N1Cc1ccc(F)cc1. The van der Waals surface area contributed by atoms with Crippen molar-refractivity contribution < 1.29 is 23.4 Å². The van der Waals surface area contributed by atoms with Crippen LogP contribution in [0.3, 0.4) is 0 Å². The fraction of sp³-hybridized carbons (Fsp3) is 0.211. The van der Waals surface area contributed by atoms with E-state index in [1.165, 1.54) is 31.4 Å². The maximum atomic E-state index is 13.8. The lowest BCUT2D eigenvalue weighted by Gasteiger charge is -2.36. The highest BCUT2D eigenvalue weighted by Crippen LogP contribution is 2.42. The Morgan fingerprint density at radius 3 is 2.40 bits per heavy atom. The van der Waals surface area contributed by atoms with Crippen molar-refractivity contribution in [2.45, 2.75) is 19.4 Å². The number of halogens is 2. The second kappa shape index (κ2) is 6.55. The van der Waals surface area contributed by atoms with Gasteiger partial charge in [-0.25, -0.2) is 13.6 Å². The number of rotatable bonds is 4. The molecular weight excluding hydrogens is 328 g/mol. The van der Waals surface area contributed by atoms with E-state index < -0.39 is 17.7 Å². The predicted octanol–water partition coefficient (Wildman–Crippen LogP) is 4.03. The second-order valence-corrected chi connectivity index (χ2v) is 5.87. The topological polar surface area (TPSA) is 49.8 Å². The zero-order valence-electron chi connectivity index (χ0n) is 13.8. The third-order valence-corrected chi connectivity index (χ3v) is 4.34. The van der Waals surface area contributed by atoms with E-state index in [2.05, 4.69) is 0 Å². The summed E-state index contributed by atoms with van der Waals surface area (Å²) in [6, 6.07) is 10.1. The molecule has 1 unspecified atom stereocenters. The quantitative estimate of drug-likeness (QED) is 0.909. The van der Waals surface area contributed by atoms with Gasteiger partial charge < -0.3 is 14.7 Å². The van der Waals surface area contributed by atoms with Gasteiger partial charge in [-0.2, -0.15) is 0 Å². The number of methoxy groups -OCH3 is 1. The van der Waals surface area contributed by atoms with Gasteiger partial charge >= 0.3 is 5.97 Å². The highest BCUT2D eigenvalue weighted by atomic mass is 19.1. The van der Waals surface area contributed by atoms with E-state index in [1.807, 2.05) is 0 Å². The first-order valence-electron chi connectivity index (χ1n) is 7.75. The lowest BCUT2D eigenvalue weighted by Crippen LogP contribution is -2.33. The molecule has 2 aromatic rings. The molecule has 0 spiro atoms. The highest BCUT2D eigenvalue weighted by molar-refractivity contribution is 5.92. The van der Waals surface area contributed by atoms with Crippen LogP contribution < -0.4 is 4.90 Å².